The Kier molecular flexibility index (Phi) is 4.40. The summed E-state index contributed by atoms with van der Waals surface area (Å²) in [5.41, 5.74) is 3.53. The highest BCUT2D eigenvalue weighted by molar-refractivity contribution is 5.95. The molecule has 0 aromatic carbocycles. The Labute approximate surface area is 150 Å². The van der Waals surface area contributed by atoms with Crippen molar-refractivity contribution in [2.75, 3.05) is 0 Å². The molecular formula is C20H30N4O. The number of hydrogen-bond acceptors (Lipinski definition) is 3. The van der Waals surface area contributed by atoms with Crippen LogP contribution in [0.5, 0.6) is 0 Å². The minimum Gasteiger partial charge on any atom is -0.348 e. The highest BCUT2D eigenvalue weighted by atomic mass is 16.2. The van der Waals surface area contributed by atoms with Crippen molar-refractivity contribution in [1.82, 2.24) is 20.0 Å². The quantitative estimate of drug-likeness (QED) is 0.900. The van der Waals surface area contributed by atoms with Crippen molar-refractivity contribution in [3.8, 4) is 0 Å². The van der Waals surface area contributed by atoms with Crippen LogP contribution in [0.15, 0.2) is 18.3 Å². The SMILES string of the molecule is CCc1nc2cc(C)ccn2c1C(=O)NC1CC(C)(C)NC(C)(C)C1. The average Bonchev–Trinajstić information content (AvgIpc) is 2.81. The number of fused-ring (bicyclic) bond motifs is 1. The topological polar surface area (TPSA) is 58.4 Å². The molecule has 2 aromatic heterocycles. The van der Waals surface area contributed by atoms with Crippen LogP contribution in [0, 0.1) is 6.92 Å². The number of aryl methyl sites for hydroxylation is 2. The van der Waals surface area contributed by atoms with Crippen LogP contribution in [-0.4, -0.2) is 32.4 Å². The number of amides is 1. The Morgan fingerprint density at radius 3 is 2.56 bits per heavy atom. The van der Waals surface area contributed by atoms with Gasteiger partial charge in [0, 0.05) is 23.3 Å². The maximum atomic E-state index is 13.1. The number of carbonyl (C=O) groups excluding carboxylic acids is 1. The van der Waals surface area contributed by atoms with E-state index in [9.17, 15) is 4.79 Å². The first-order valence-electron chi connectivity index (χ1n) is 9.18. The molecule has 2 N–H and O–H groups in total. The molecule has 0 unspecified atom stereocenters. The lowest BCUT2D eigenvalue weighted by Crippen LogP contribution is -2.62. The lowest BCUT2D eigenvalue weighted by atomic mass is 9.79. The molecule has 1 fully saturated rings. The molecule has 136 valence electrons. The maximum absolute atomic E-state index is 13.1. The van der Waals surface area contributed by atoms with E-state index in [-0.39, 0.29) is 23.0 Å². The molecule has 1 aliphatic rings. The summed E-state index contributed by atoms with van der Waals surface area (Å²) in [6.07, 6.45) is 4.52. The summed E-state index contributed by atoms with van der Waals surface area (Å²) in [5, 5.41) is 6.93. The number of imidazole rings is 1. The van der Waals surface area contributed by atoms with E-state index in [1.807, 2.05) is 36.6 Å². The zero-order valence-corrected chi connectivity index (χ0v) is 16.2. The van der Waals surface area contributed by atoms with Gasteiger partial charge in [-0.05, 0) is 71.6 Å². The van der Waals surface area contributed by atoms with Gasteiger partial charge in [0.2, 0.25) is 0 Å². The van der Waals surface area contributed by atoms with Crippen LogP contribution in [0.2, 0.25) is 0 Å². The fraction of sp³-hybridized carbons (Fsp3) is 0.600. The van der Waals surface area contributed by atoms with Gasteiger partial charge in [-0.25, -0.2) is 4.98 Å². The number of nitrogens with zero attached hydrogens (tertiary/aromatic N) is 2. The highest BCUT2D eigenvalue weighted by Gasteiger charge is 2.38. The second-order valence-electron chi connectivity index (χ2n) is 8.66. The van der Waals surface area contributed by atoms with Gasteiger partial charge in [-0.15, -0.1) is 0 Å². The first-order valence-corrected chi connectivity index (χ1v) is 9.18. The standard InChI is InChI=1S/C20H30N4O/c1-7-15-17(24-9-8-13(2)10-16(24)22-15)18(25)21-14-11-19(3,4)23-20(5,6)12-14/h8-10,14,23H,7,11-12H2,1-6H3,(H,21,25). The van der Waals surface area contributed by atoms with E-state index in [1.54, 1.807) is 0 Å². The molecule has 5 nitrogen and oxygen atoms in total. The van der Waals surface area contributed by atoms with Crippen LogP contribution in [0.25, 0.3) is 5.65 Å². The molecule has 0 radical (unpaired) electrons. The molecule has 0 aliphatic carbocycles. The van der Waals surface area contributed by atoms with Gasteiger partial charge in [-0.3, -0.25) is 9.20 Å². The number of pyridine rings is 1. The lowest BCUT2D eigenvalue weighted by molar-refractivity contribution is 0.0866. The third-order valence-corrected chi connectivity index (χ3v) is 4.93. The van der Waals surface area contributed by atoms with Crippen LogP contribution < -0.4 is 10.6 Å². The van der Waals surface area contributed by atoms with Gasteiger partial charge in [0.1, 0.15) is 11.3 Å². The van der Waals surface area contributed by atoms with Crippen molar-refractivity contribution in [2.24, 2.45) is 0 Å². The normalized spacial score (nSPS) is 19.9. The number of aromatic nitrogens is 2. The Morgan fingerprint density at radius 1 is 1.32 bits per heavy atom. The van der Waals surface area contributed by atoms with E-state index in [0.29, 0.717) is 5.69 Å². The molecule has 5 heteroatoms. The van der Waals surface area contributed by atoms with Crippen molar-refractivity contribution in [2.45, 2.75) is 77.9 Å². The number of nitrogens with one attached hydrogen (secondary N) is 2. The van der Waals surface area contributed by atoms with Crippen LogP contribution in [0.1, 0.15) is 69.2 Å². The zero-order chi connectivity index (χ0) is 18.4. The van der Waals surface area contributed by atoms with Crippen LogP contribution >= 0.6 is 0 Å². The van der Waals surface area contributed by atoms with E-state index < -0.39 is 0 Å². The first kappa shape index (κ1) is 17.9. The summed E-state index contributed by atoms with van der Waals surface area (Å²) >= 11 is 0. The third-order valence-electron chi connectivity index (χ3n) is 4.93. The largest absolute Gasteiger partial charge is 0.348 e. The predicted octanol–water partition coefficient (Wildman–Crippen LogP) is 3.24. The van der Waals surface area contributed by atoms with E-state index in [4.69, 9.17) is 0 Å². The molecule has 1 saturated heterocycles. The zero-order valence-electron chi connectivity index (χ0n) is 16.2. The van der Waals surface area contributed by atoms with Crippen molar-refractivity contribution >= 4 is 11.6 Å². The number of carbonyl (C=O) groups is 1. The second kappa shape index (κ2) is 6.13. The van der Waals surface area contributed by atoms with Crippen molar-refractivity contribution in [3.05, 3.63) is 35.3 Å². The summed E-state index contributed by atoms with van der Waals surface area (Å²) in [5.74, 6) is -0.0216. The van der Waals surface area contributed by atoms with Crippen LogP contribution in [0.3, 0.4) is 0 Å². The van der Waals surface area contributed by atoms with Gasteiger partial charge >= 0.3 is 0 Å². The monoisotopic (exact) mass is 342 g/mol. The van der Waals surface area contributed by atoms with Gasteiger partial charge < -0.3 is 10.6 Å². The van der Waals surface area contributed by atoms with E-state index in [0.717, 1.165) is 36.2 Å². The Morgan fingerprint density at radius 2 is 1.96 bits per heavy atom. The molecule has 3 rings (SSSR count). The Hall–Kier alpha value is -1.88. The number of piperidine rings is 1. The minimum atomic E-state index is -0.0216. The molecule has 25 heavy (non-hydrogen) atoms. The predicted molar refractivity (Wildman–Crippen MR) is 101 cm³/mol. The van der Waals surface area contributed by atoms with Crippen molar-refractivity contribution in [3.63, 3.8) is 0 Å². The number of hydrogen-bond donors (Lipinski definition) is 2. The molecule has 1 aliphatic heterocycles. The minimum absolute atomic E-state index is 0.00385. The smallest absolute Gasteiger partial charge is 0.270 e. The van der Waals surface area contributed by atoms with E-state index >= 15 is 0 Å². The fourth-order valence-corrected chi connectivity index (χ4v) is 4.36. The summed E-state index contributed by atoms with van der Waals surface area (Å²) in [4.78, 5) is 17.7. The lowest BCUT2D eigenvalue weighted by Gasteiger charge is -2.46. The molecule has 2 aromatic rings. The van der Waals surface area contributed by atoms with E-state index in [1.165, 1.54) is 0 Å². The summed E-state index contributed by atoms with van der Waals surface area (Å²) in [6, 6.07) is 4.19. The number of rotatable bonds is 3. The molecular weight excluding hydrogens is 312 g/mol. The van der Waals surface area contributed by atoms with Gasteiger partial charge in [0.05, 0.1) is 5.69 Å². The van der Waals surface area contributed by atoms with Gasteiger partial charge in [-0.1, -0.05) is 6.92 Å². The van der Waals surface area contributed by atoms with Gasteiger partial charge in [-0.2, -0.15) is 0 Å². The second-order valence-corrected chi connectivity index (χ2v) is 8.66. The van der Waals surface area contributed by atoms with Crippen molar-refractivity contribution in [1.29, 1.82) is 0 Å². The third kappa shape index (κ3) is 3.71. The molecule has 1 amide bonds. The van der Waals surface area contributed by atoms with Crippen LogP contribution in [-0.2, 0) is 6.42 Å². The van der Waals surface area contributed by atoms with Crippen molar-refractivity contribution < 1.29 is 4.79 Å². The summed E-state index contributed by atoms with van der Waals surface area (Å²) in [6.45, 7) is 12.9. The Balaban J connectivity index is 1.90. The molecule has 3 heterocycles. The van der Waals surface area contributed by atoms with Gasteiger partial charge in [0.15, 0.2) is 0 Å². The first-order chi connectivity index (χ1) is 11.6. The molecule has 0 bridgehead atoms. The van der Waals surface area contributed by atoms with Gasteiger partial charge in [0.25, 0.3) is 5.91 Å². The fourth-order valence-electron chi connectivity index (χ4n) is 4.36. The average molecular weight is 342 g/mol. The Bertz CT molecular complexity index is 787. The maximum Gasteiger partial charge on any atom is 0.270 e. The van der Waals surface area contributed by atoms with Crippen LogP contribution in [0.4, 0.5) is 0 Å². The highest BCUT2D eigenvalue weighted by Crippen LogP contribution is 2.29. The molecule has 0 saturated carbocycles. The molecule has 0 spiro atoms. The molecule has 0 atom stereocenters. The summed E-state index contributed by atoms with van der Waals surface area (Å²) in [7, 11) is 0. The summed E-state index contributed by atoms with van der Waals surface area (Å²) < 4.78 is 1.92. The van der Waals surface area contributed by atoms with E-state index in [2.05, 4.69) is 43.3 Å².